The summed E-state index contributed by atoms with van der Waals surface area (Å²) < 4.78 is 2.67. The summed E-state index contributed by atoms with van der Waals surface area (Å²) in [7, 11) is 0. The van der Waals surface area contributed by atoms with Gasteiger partial charge in [-0.25, -0.2) is 0 Å². The first kappa shape index (κ1) is 29.9. The van der Waals surface area contributed by atoms with Gasteiger partial charge in [0.2, 0.25) is 0 Å². The van der Waals surface area contributed by atoms with E-state index in [0.29, 0.717) is 0 Å². The van der Waals surface area contributed by atoms with Crippen LogP contribution in [-0.4, -0.2) is 0 Å². The number of anilines is 3. The third kappa shape index (κ3) is 5.77. The number of hydrogen-bond acceptors (Lipinski definition) is 2. The first-order chi connectivity index (χ1) is 24.8. The van der Waals surface area contributed by atoms with Crippen molar-refractivity contribution >= 4 is 48.6 Å². The van der Waals surface area contributed by atoms with E-state index in [9.17, 15) is 0 Å². The van der Waals surface area contributed by atoms with E-state index in [0.717, 1.165) is 17.1 Å². The molecule has 0 saturated carbocycles. The van der Waals surface area contributed by atoms with Crippen LogP contribution in [0.2, 0.25) is 0 Å². The zero-order valence-electron chi connectivity index (χ0n) is 27.4. The lowest BCUT2D eigenvalue weighted by atomic mass is 9.99. The molecule has 0 saturated heterocycles. The molecular weight excluding hydrogens is 623 g/mol. The average molecular weight is 656 g/mol. The van der Waals surface area contributed by atoms with Crippen molar-refractivity contribution in [3.05, 3.63) is 200 Å². The maximum atomic E-state index is 2.33. The number of rotatable bonds is 7. The maximum Gasteiger partial charge on any atom is 0.0462 e. The van der Waals surface area contributed by atoms with Crippen LogP contribution in [0.3, 0.4) is 0 Å². The van der Waals surface area contributed by atoms with Gasteiger partial charge in [0.15, 0.2) is 0 Å². The number of thiophene rings is 1. The second-order valence-electron chi connectivity index (χ2n) is 12.6. The summed E-state index contributed by atoms with van der Waals surface area (Å²) in [6.07, 6.45) is 0. The minimum Gasteiger partial charge on any atom is -0.311 e. The minimum absolute atomic E-state index is 1.11. The largest absolute Gasteiger partial charge is 0.311 e. The molecule has 0 amide bonds. The molecule has 1 aromatic heterocycles. The summed E-state index contributed by atoms with van der Waals surface area (Å²) in [4.78, 5) is 2.33. The lowest BCUT2D eigenvalue weighted by Gasteiger charge is -2.26. The van der Waals surface area contributed by atoms with Gasteiger partial charge >= 0.3 is 0 Å². The van der Waals surface area contributed by atoms with E-state index in [1.165, 1.54) is 64.7 Å². The zero-order valence-corrected chi connectivity index (χ0v) is 28.2. The van der Waals surface area contributed by atoms with Crippen LogP contribution in [0.4, 0.5) is 17.1 Å². The van der Waals surface area contributed by atoms with Crippen LogP contribution in [0, 0.1) is 0 Å². The molecular formula is C48H33NS. The number of hydrogen-bond donors (Lipinski definition) is 0. The topological polar surface area (TPSA) is 3.24 Å². The highest BCUT2D eigenvalue weighted by Crippen LogP contribution is 2.39. The predicted octanol–water partition coefficient (Wildman–Crippen LogP) is 14.2. The molecule has 0 spiro atoms. The first-order valence-electron chi connectivity index (χ1n) is 17.0. The van der Waals surface area contributed by atoms with Crippen LogP contribution in [-0.2, 0) is 0 Å². The van der Waals surface area contributed by atoms with Gasteiger partial charge in [-0.1, -0.05) is 152 Å². The molecule has 9 rings (SSSR count). The molecule has 0 N–H and O–H groups in total. The van der Waals surface area contributed by atoms with E-state index in [-0.39, 0.29) is 0 Å². The molecule has 0 aliphatic heterocycles. The highest BCUT2D eigenvalue weighted by molar-refractivity contribution is 7.25. The van der Waals surface area contributed by atoms with Gasteiger partial charge < -0.3 is 4.90 Å². The lowest BCUT2D eigenvalue weighted by molar-refractivity contribution is 1.28. The van der Waals surface area contributed by atoms with E-state index in [1.807, 2.05) is 11.3 Å². The van der Waals surface area contributed by atoms with Crippen LogP contribution < -0.4 is 4.90 Å². The Balaban J connectivity index is 1.02. The van der Waals surface area contributed by atoms with Gasteiger partial charge in [0.1, 0.15) is 0 Å². The highest BCUT2D eigenvalue weighted by atomic mass is 32.1. The number of nitrogens with zero attached hydrogens (tertiary/aromatic N) is 1. The van der Waals surface area contributed by atoms with Crippen molar-refractivity contribution in [2.75, 3.05) is 4.90 Å². The molecule has 0 bridgehead atoms. The SMILES string of the molecule is c1ccc(-c2ccc(N(c3ccc(-c4ccccc4)cc3)c3ccc(-c4ccc(-c5ccc6c(c5)sc5ccccc56)cc4)cc3)cc2)cc1. The molecule has 0 fully saturated rings. The van der Waals surface area contributed by atoms with Crippen LogP contribution in [0.25, 0.3) is 64.7 Å². The van der Waals surface area contributed by atoms with Crippen molar-refractivity contribution in [1.29, 1.82) is 0 Å². The van der Waals surface area contributed by atoms with E-state index in [1.54, 1.807) is 0 Å². The molecule has 0 atom stereocenters. The van der Waals surface area contributed by atoms with Crippen LogP contribution in [0.15, 0.2) is 200 Å². The molecule has 9 aromatic rings. The summed E-state index contributed by atoms with van der Waals surface area (Å²) in [6, 6.07) is 72.2. The molecule has 1 nitrogen and oxygen atoms in total. The Morgan fingerprint density at radius 2 is 0.600 bits per heavy atom. The summed E-state index contributed by atoms with van der Waals surface area (Å²) in [5.41, 5.74) is 13.1. The molecule has 236 valence electrons. The zero-order chi connectivity index (χ0) is 33.3. The summed E-state index contributed by atoms with van der Waals surface area (Å²) in [5, 5.41) is 2.67. The summed E-state index contributed by atoms with van der Waals surface area (Å²) >= 11 is 1.87. The van der Waals surface area contributed by atoms with E-state index in [2.05, 4.69) is 205 Å². The smallest absolute Gasteiger partial charge is 0.0462 e. The second kappa shape index (κ2) is 13.0. The van der Waals surface area contributed by atoms with Crippen molar-refractivity contribution in [3.8, 4) is 44.5 Å². The Labute approximate surface area is 297 Å². The van der Waals surface area contributed by atoms with E-state index >= 15 is 0 Å². The van der Waals surface area contributed by atoms with Crippen molar-refractivity contribution < 1.29 is 0 Å². The number of fused-ring (bicyclic) bond motifs is 3. The average Bonchev–Trinajstić information content (AvgIpc) is 3.58. The molecule has 0 radical (unpaired) electrons. The predicted molar refractivity (Wildman–Crippen MR) is 216 cm³/mol. The van der Waals surface area contributed by atoms with E-state index in [4.69, 9.17) is 0 Å². The Morgan fingerprint density at radius 3 is 1.08 bits per heavy atom. The fourth-order valence-electron chi connectivity index (χ4n) is 6.88. The van der Waals surface area contributed by atoms with Crippen molar-refractivity contribution in [2.24, 2.45) is 0 Å². The first-order valence-corrected chi connectivity index (χ1v) is 17.8. The quantitative estimate of drug-likeness (QED) is 0.165. The normalized spacial score (nSPS) is 11.2. The van der Waals surface area contributed by atoms with Gasteiger partial charge in [-0.2, -0.15) is 0 Å². The second-order valence-corrected chi connectivity index (χ2v) is 13.7. The van der Waals surface area contributed by atoms with Crippen molar-refractivity contribution in [3.63, 3.8) is 0 Å². The minimum atomic E-state index is 1.11. The van der Waals surface area contributed by atoms with Crippen LogP contribution >= 0.6 is 11.3 Å². The molecule has 0 aliphatic carbocycles. The van der Waals surface area contributed by atoms with Gasteiger partial charge in [0, 0.05) is 37.2 Å². The van der Waals surface area contributed by atoms with Gasteiger partial charge in [0.05, 0.1) is 0 Å². The molecule has 2 heteroatoms. The Morgan fingerprint density at radius 1 is 0.260 bits per heavy atom. The van der Waals surface area contributed by atoms with Crippen LogP contribution in [0.1, 0.15) is 0 Å². The van der Waals surface area contributed by atoms with E-state index < -0.39 is 0 Å². The fraction of sp³-hybridized carbons (Fsp3) is 0. The van der Waals surface area contributed by atoms with Crippen molar-refractivity contribution in [2.45, 2.75) is 0 Å². The van der Waals surface area contributed by atoms with Gasteiger partial charge in [0.25, 0.3) is 0 Å². The molecule has 8 aromatic carbocycles. The summed E-state index contributed by atoms with van der Waals surface area (Å²) in [6.45, 7) is 0. The van der Waals surface area contributed by atoms with Gasteiger partial charge in [-0.3, -0.25) is 0 Å². The number of benzene rings is 8. The van der Waals surface area contributed by atoms with Gasteiger partial charge in [-0.15, -0.1) is 11.3 Å². The third-order valence-corrected chi connectivity index (χ3v) is 10.7. The van der Waals surface area contributed by atoms with Crippen molar-refractivity contribution in [1.82, 2.24) is 0 Å². The monoisotopic (exact) mass is 655 g/mol. The van der Waals surface area contributed by atoms with Crippen LogP contribution in [0.5, 0.6) is 0 Å². The maximum absolute atomic E-state index is 2.33. The highest BCUT2D eigenvalue weighted by Gasteiger charge is 2.14. The summed E-state index contributed by atoms with van der Waals surface area (Å²) in [5.74, 6) is 0. The molecule has 0 unspecified atom stereocenters. The Hall–Kier alpha value is -6.22. The fourth-order valence-corrected chi connectivity index (χ4v) is 8.02. The Kier molecular flexibility index (Phi) is 7.77. The third-order valence-electron chi connectivity index (χ3n) is 9.52. The Bertz CT molecular complexity index is 2450. The lowest BCUT2D eigenvalue weighted by Crippen LogP contribution is -2.09. The molecule has 0 aliphatic rings. The van der Waals surface area contributed by atoms with Gasteiger partial charge in [-0.05, 0) is 93.0 Å². The standard InChI is InChI=1S/C48H33NS/c1-3-9-34(10-4-1)37-19-26-42(27-20-37)49(43-28-21-38(22-29-43)35-11-5-2-6-12-35)44-30-23-39(24-31-44)36-15-17-40(18-16-36)41-25-32-46-45-13-7-8-14-47(45)50-48(46)33-41/h1-33H. The molecule has 50 heavy (non-hydrogen) atoms. The molecule has 1 heterocycles.